The van der Waals surface area contributed by atoms with Gasteiger partial charge in [-0.05, 0) is 99.6 Å². The summed E-state index contributed by atoms with van der Waals surface area (Å²) in [6.45, 7) is 12.8. The van der Waals surface area contributed by atoms with Crippen molar-refractivity contribution in [2.45, 2.75) is 90.8 Å². The smallest absolute Gasteiger partial charge is 0.251 e. The predicted molar refractivity (Wildman–Crippen MR) is 132 cm³/mol. The van der Waals surface area contributed by atoms with E-state index in [0.717, 1.165) is 24.9 Å². The van der Waals surface area contributed by atoms with Gasteiger partial charge in [-0.2, -0.15) is 0 Å². The zero-order valence-electron chi connectivity index (χ0n) is 21.1. The average molecular weight is 451 g/mol. The number of Topliss-reactive ketones (excluding diaryl/α,β-unsaturated/α-hetero) is 1. The van der Waals surface area contributed by atoms with Crippen molar-refractivity contribution in [1.29, 1.82) is 0 Å². The number of carbonyl (C=O) groups excluding carboxylic acids is 2. The van der Waals surface area contributed by atoms with Gasteiger partial charge in [0.05, 0.1) is 6.04 Å². The van der Waals surface area contributed by atoms with E-state index in [2.05, 4.69) is 44.8 Å². The van der Waals surface area contributed by atoms with Gasteiger partial charge in [-0.25, -0.2) is 0 Å². The lowest BCUT2D eigenvalue weighted by atomic mass is 9.52. The highest BCUT2D eigenvalue weighted by atomic mass is 16.1. The van der Waals surface area contributed by atoms with Crippen LogP contribution in [-0.4, -0.2) is 40.8 Å². The van der Waals surface area contributed by atoms with Crippen LogP contribution >= 0.6 is 0 Å². The van der Waals surface area contributed by atoms with Gasteiger partial charge >= 0.3 is 0 Å². The predicted octanol–water partition coefficient (Wildman–Crippen LogP) is 5.33. The highest BCUT2D eigenvalue weighted by Crippen LogP contribution is 2.63. The first-order chi connectivity index (χ1) is 15.7. The van der Waals surface area contributed by atoms with Gasteiger partial charge in [0, 0.05) is 23.6 Å². The topological polar surface area (TPSA) is 49.4 Å². The Morgan fingerprint density at radius 3 is 2.52 bits per heavy atom. The SMILES string of the molecule is CC(C)C1C[C@H]2[C@@H]3CCN4C(C)C(=O)CC[C@]4(C)[C@@H]3CC[C@]2(C)C1NC(=O)c1ccccc1. The molecule has 2 heterocycles. The second kappa shape index (κ2) is 8.22. The van der Waals surface area contributed by atoms with Crippen molar-refractivity contribution in [2.24, 2.45) is 35.0 Å². The van der Waals surface area contributed by atoms with Crippen LogP contribution in [0.4, 0.5) is 0 Å². The minimum atomic E-state index is 0.0721. The Kier molecular flexibility index (Phi) is 5.75. The first-order valence-electron chi connectivity index (χ1n) is 13.3. The molecule has 2 aliphatic heterocycles. The number of amides is 1. The van der Waals surface area contributed by atoms with Crippen molar-refractivity contribution in [3.8, 4) is 0 Å². The van der Waals surface area contributed by atoms with Crippen molar-refractivity contribution in [3.05, 3.63) is 35.9 Å². The summed E-state index contributed by atoms with van der Waals surface area (Å²) in [5.74, 6) is 3.59. The molecule has 1 aromatic rings. The van der Waals surface area contributed by atoms with Gasteiger partial charge < -0.3 is 5.32 Å². The van der Waals surface area contributed by atoms with Gasteiger partial charge in [0.25, 0.3) is 5.91 Å². The Balaban J connectivity index is 1.43. The second-order valence-corrected chi connectivity index (χ2v) is 12.4. The molecular formula is C29H42N2O2. The lowest BCUT2D eigenvalue weighted by Gasteiger charge is -2.62. The van der Waals surface area contributed by atoms with E-state index in [1.54, 1.807) is 0 Å². The van der Waals surface area contributed by atoms with Crippen molar-refractivity contribution in [3.63, 3.8) is 0 Å². The van der Waals surface area contributed by atoms with Crippen LogP contribution in [0.2, 0.25) is 0 Å². The third kappa shape index (κ3) is 3.50. The molecule has 0 bridgehead atoms. The minimum Gasteiger partial charge on any atom is -0.348 e. The molecule has 2 saturated heterocycles. The van der Waals surface area contributed by atoms with Crippen LogP contribution in [0.5, 0.6) is 0 Å². The van der Waals surface area contributed by atoms with Gasteiger partial charge in [0.2, 0.25) is 0 Å². The summed E-state index contributed by atoms with van der Waals surface area (Å²) >= 11 is 0. The highest BCUT2D eigenvalue weighted by Gasteiger charge is 2.63. The number of benzene rings is 1. The maximum absolute atomic E-state index is 13.2. The van der Waals surface area contributed by atoms with Crippen molar-refractivity contribution in [1.82, 2.24) is 10.2 Å². The Morgan fingerprint density at radius 1 is 1.09 bits per heavy atom. The number of hydrogen-bond donors (Lipinski definition) is 1. The van der Waals surface area contributed by atoms with E-state index in [-0.39, 0.29) is 28.9 Å². The summed E-state index contributed by atoms with van der Waals surface area (Å²) in [6.07, 6.45) is 6.57. The normalized spacial score (nSPS) is 43.0. The summed E-state index contributed by atoms with van der Waals surface area (Å²) in [4.78, 5) is 28.3. The molecule has 1 amide bonds. The molecule has 4 aliphatic rings. The van der Waals surface area contributed by atoms with Gasteiger partial charge in [-0.3, -0.25) is 14.5 Å². The quantitative estimate of drug-likeness (QED) is 0.677. The van der Waals surface area contributed by atoms with E-state index in [4.69, 9.17) is 0 Å². The number of piperidine rings is 2. The van der Waals surface area contributed by atoms with Gasteiger partial charge in [-0.15, -0.1) is 0 Å². The lowest BCUT2D eigenvalue weighted by molar-refractivity contribution is -0.152. The van der Waals surface area contributed by atoms with Crippen LogP contribution in [0, 0.1) is 35.0 Å². The molecule has 4 nitrogen and oxygen atoms in total. The number of fused-ring (bicyclic) bond motifs is 5. The molecule has 180 valence electrons. The monoisotopic (exact) mass is 450 g/mol. The van der Waals surface area contributed by atoms with Gasteiger partial charge in [0.1, 0.15) is 5.78 Å². The molecule has 3 unspecified atom stereocenters. The van der Waals surface area contributed by atoms with Gasteiger partial charge in [-0.1, -0.05) is 39.0 Å². The first-order valence-corrected chi connectivity index (χ1v) is 13.3. The Morgan fingerprint density at radius 2 is 1.82 bits per heavy atom. The maximum Gasteiger partial charge on any atom is 0.251 e. The fraction of sp³-hybridized carbons (Fsp3) is 0.724. The molecular weight excluding hydrogens is 408 g/mol. The van der Waals surface area contributed by atoms with Crippen molar-refractivity contribution in [2.75, 3.05) is 6.54 Å². The maximum atomic E-state index is 13.2. The van der Waals surface area contributed by atoms with E-state index in [1.165, 1.54) is 25.7 Å². The Labute approximate surface area is 199 Å². The largest absolute Gasteiger partial charge is 0.348 e. The van der Waals surface area contributed by atoms with Crippen molar-refractivity contribution >= 4 is 11.7 Å². The van der Waals surface area contributed by atoms with E-state index >= 15 is 0 Å². The summed E-state index contributed by atoms with van der Waals surface area (Å²) in [7, 11) is 0. The molecule has 8 atom stereocenters. The number of nitrogens with one attached hydrogen (secondary N) is 1. The number of nitrogens with zero attached hydrogens (tertiary/aromatic N) is 1. The zero-order valence-corrected chi connectivity index (χ0v) is 21.1. The molecule has 2 aliphatic carbocycles. The molecule has 2 saturated carbocycles. The first kappa shape index (κ1) is 23.1. The standard InChI is InChI=1S/C29H42N2O2/c1-18(2)22-17-24-21-13-16-31-19(3)25(32)12-15-29(31,5)23(21)11-14-28(24,4)26(22)30-27(33)20-9-7-6-8-10-20/h6-10,18-19,21-24,26H,11-17H2,1-5H3,(H,30,33)/t19?,21-,22?,23-,24+,26?,28+,29-/m1/s1. The number of hydrogen-bond acceptors (Lipinski definition) is 3. The summed E-state index contributed by atoms with van der Waals surface area (Å²) in [6, 6.07) is 10.0. The van der Waals surface area contributed by atoms with Crippen molar-refractivity contribution < 1.29 is 9.59 Å². The molecule has 33 heavy (non-hydrogen) atoms. The lowest BCUT2D eigenvalue weighted by Crippen LogP contribution is -2.67. The van der Waals surface area contributed by atoms with E-state index in [0.29, 0.717) is 35.4 Å². The second-order valence-electron chi connectivity index (χ2n) is 12.4. The number of ketones is 1. The molecule has 0 spiro atoms. The fourth-order valence-electron chi connectivity index (χ4n) is 8.78. The fourth-order valence-corrected chi connectivity index (χ4v) is 8.78. The van der Waals surface area contributed by atoms with Crippen LogP contribution in [0.3, 0.4) is 0 Å². The minimum absolute atomic E-state index is 0.0721. The molecule has 4 heteroatoms. The third-order valence-corrected chi connectivity index (χ3v) is 10.7. The molecule has 5 rings (SSSR count). The van der Waals surface area contributed by atoms with Crippen LogP contribution < -0.4 is 5.32 Å². The highest BCUT2D eigenvalue weighted by molar-refractivity contribution is 5.94. The van der Waals surface area contributed by atoms with Crippen LogP contribution in [0.25, 0.3) is 0 Å². The van der Waals surface area contributed by atoms with E-state index in [9.17, 15) is 9.59 Å². The van der Waals surface area contributed by atoms with E-state index in [1.807, 2.05) is 30.3 Å². The van der Waals surface area contributed by atoms with E-state index < -0.39 is 0 Å². The average Bonchev–Trinajstić information content (AvgIpc) is 3.10. The Hall–Kier alpha value is -1.68. The van der Waals surface area contributed by atoms with Crippen LogP contribution in [0.15, 0.2) is 30.3 Å². The van der Waals surface area contributed by atoms with Crippen LogP contribution in [-0.2, 0) is 4.79 Å². The number of rotatable bonds is 3. The molecule has 0 aromatic heterocycles. The third-order valence-electron chi connectivity index (χ3n) is 10.7. The molecule has 4 fully saturated rings. The number of carbonyl (C=O) groups is 2. The zero-order chi connectivity index (χ0) is 23.5. The molecule has 1 aromatic carbocycles. The van der Waals surface area contributed by atoms with Gasteiger partial charge in [0.15, 0.2) is 0 Å². The summed E-state index contributed by atoms with van der Waals surface area (Å²) < 4.78 is 0. The Bertz CT molecular complexity index is 913. The molecule has 1 N–H and O–H groups in total. The summed E-state index contributed by atoms with van der Waals surface area (Å²) in [5.41, 5.74) is 1.06. The van der Waals surface area contributed by atoms with Crippen LogP contribution in [0.1, 0.15) is 83.5 Å². The summed E-state index contributed by atoms with van der Waals surface area (Å²) in [5, 5.41) is 3.55. The molecule has 0 radical (unpaired) electrons.